The first-order valence-electron chi connectivity index (χ1n) is 7.69. The molecule has 5 heteroatoms. The van der Waals surface area contributed by atoms with Crippen LogP contribution in [-0.4, -0.2) is 30.7 Å². The minimum absolute atomic E-state index is 0.761. The van der Waals surface area contributed by atoms with Crippen molar-refractivity contribution in [1.29, 1.82) is 0 Å². The number of methoxy groups -OCH3 is 2. The van der Waals surface area contributed by atoms with E-state index in [1.807, 2.05) is 36.4 Å². The fourth-order valence-electron chi connectivity index (χ4n) is 2.57. The Bertz CT molecular complexity index is 750. The van der Waals surface area contributed by atoms with Gasteiger partial charge >= 0.3 is 0 Å². The van der Waals surface area contributed by atoms with Gasteiger partial charge < -0.3 is 19.8 Å². The summed E-state index contributed by atoms with van der Waals surface area (Å²) in [5.41, 5.74) is 3.26. The molecule has 0 radical (unpaired) electrons. The Morgan fingerprint density at radius 3 is 2.65 bits per heavy atom. The first-order chi connectivity index (χ1) is 11.3. The molecule has 0 spiro atoms. The molecule has 3 aromatic rings. The van der Waals surface area contributed by atoms with Crippen molar-refractivity contribution in [3.8, 4) is 11.5 Å². The van der Waals surface area contributed by atoms with Gasteiger partial charge in [-0.15, -0.1) is 0 Å². The number of para-hydroxylation sites is 2. The third-order valence-electron chi connectivity index (χ3n) is 3.77. The summed E-state index contributed by atoms with van der Waals surface area (Å²) in [6, 6.07) is 14.1. The number of ether oxygens (including phenoxy) is 2. The van der Waals surface area contributed by atoms with Crippen LogP contribution in [0.2, 0.25) is 0 Å². The molecule has 1 aromatic heterocycles. The van der Waals surface area contributed by atoms with E-state index in [1.165, 1.54) is 5.56 Å². The number of hydrogen-bond acceptors (Lipinski definition) is 4. The van der Waals surface area contributed by atoms with Gasteiger partial charge in [-0.1, -0.05) is 18.2 Å². The molecule has 0 bridgehead atoms. The second-order valence-corrected chi connectivity index (χ2v) is 5.32. The third kappa shape index (κ3) is 3.56. The second-order valence-electron chi connectivity index (χ2n) is 5.32. The Labute approximate surface area is 135 Å². The Balaban J connectivity index is 1.53. The number of H-pyrrole nitrogens is 1. The summed E-state index contributed by atoms with van der Waals surface area (Å²) in [5.74, 6) is 2.35. The normalized spacial score (nSPS) is 10.7. The zero-order valence-corrected chi connectivity index (χ0v) is 13.4. The van der Waals surface area contributed by atoms with Gasteiger partial charge in [-0.25, -0.2) is 4.98 Å². The molecule has 0 fully saturated rings. The van der Waals surface area contributed by atoms with Gasteiger partial charge in [0.25, 0.3) is 0 Å². The zero-order chi connectivity index (χ0) is 16.1. The van der Waals surface area contributed by atoms with E-state index < -0.39 is 0 Å². The molecule has 23 heavy (non-hydrogen) atoms. The van der Waals surface area contributed by atoms with Crippen molar-refractivity contribution in [1.82, 2.24) is 9.97 Å². The molecule has 5 nitrogen and oxygen atoms in total. The average Bonchev–Trinajstić information content (AvgIpc) is 3.01. The van der Waals surface area contributed by atoms with Gasteiger partial charge in [-0.3, -0.25) is 0 Å². The fourth-order valence-corrected chi connectivity index (χ4v) is 2.57. The van der Waals surface area contributed by atoms with Crippen molar-refractivity contribution in [2.75, 3.05) is 26.1 Å². The molecule has 0 amide bonds. The predicted octanol–water partition coefficient (Wildman–Crippen LogP) is 3.62. The minimum Gasteiger partial charge on any atom is -0.493 e. The third-order valence-corrected chi connectivity index (χ3v) is 3.77. The zero-order valence-electron chi connectivity index (χ0n) is 13.4. The van der Waals surface area contributed by atoms with Crippen molar-refractivity contribution < 1.29 is 9.47 Å². The highest BCUT2D eigenvalue weighted by Crippen LogP contribution is 2.27. The number of hydrogen-bond donors (Lipinski definition) is 2. The molecular weight excluding hydrogens is 290 g/mol. The number of aromatic amines is 1. The number of nitrogens with zero attached hydrogens (tertiary/aromatic N) is 1. The van der Waals surface area contributed by atoms with E-state index in [0.717, 1.165) is 47.9 Å². The first kappa shape index (κ1) is 15.2. The lowest BCUT2D eigenvalue weighted by Crippen LogP contribution is -2.04. The van der Waals surface area contributed by atoms with Crippen LogP contribution in [0.25, 0.3) is 11.0 Å². The van der Waals surface area contributed by atoms with Crippen molar-refractivity contribution in [3.05, 3.63) is 48.0 Å². The molecule has 0 aliphatic rings. The highest BCUT2D eigenvalue weighted by Gasteiger charge is 2.05. The van der Waals surface area contributed by atoms with Gasteiger partial charge in [-0.05, 0) is 42.7 Å². The van der Waals surface area contributed by atoms with Crippen LogP contribution in [0, 0.1) is 0 Å². The van der Waals surface area contributed by atoms with Crippen LogP contribution in [0.4, 0.5) is 5.95 Å². The summed E-state index contributed by atoms with van der Waals surface area (Å²) in [4.78, 5) is 7.77. The molecule has 0 unspecified atom stereocenters. The molecule has 1 heterocycles. The number of rotatable bonds is 7. The summed E-state index contributed by atoms with van der Waals surface area (Å²) in [7, 11) is 3.31. The lowest BCUT2D eigenvalue weighted by atomic mass is 10.1. The van der Waals surface area contributed by atoms with E-state index in [2.05, 4.69) is 21.4 Å². The Hall–Kier alpha value is -2.69. The number of anilines is 1. The van der Waals surface area contributed by atoms with E-state index in [4.69, 9.17) is 9.47 Å². The summed E-state index contributed by atoms with van der Waals surface area (Å²) < 4.78 is 10.6. The summed E-state index contributed by atoms with van der Waals surface area (Å²) in [5, 5.41) is 3.33. The molecular formula is C18H21N3O2. The second kappa shape index (κ2) is 7.05. The van der Waals surface area contributed by atoms with Crippen molar-refractivity contribution in [2.45, 2.75) is 12.8 Å². The average molecular weight is 311 g/mol. The number of aryl methyl sites for hydroxylation is 1. The number of fused-ring (bicyclic) bond motifs is 1. The van der Waals surface area contributed by atoms with Crippen LogP contribution in [-0.2, 0) is 6.42 Å². The predicted molar refractivity (Wildman–Crippen MR) is 92.5 cm³/mol. The molecule has 120 valence electrons. The van der Waals surface area contributed by atoms with E-state index in [9.17, 15) is 0 Å². The quantitative estimate of drug-likeness (QED) is 0.654. The maximum Gasteiger partial charge on any atom is 0.201 e. The van der Waals surface area contributed by atoms with Gasteiger partial charge in [0.15, 0.2) is 11.5 Å². The van der Waals surface area contributed by atoms with Crippen LogP contribution in [0.1, 0.15) is 12.0 Å². The molecule has 0 aliphatic carbocycles. The number of benzene rings is 2. The standard InChI is InChI=1S/C18H21N3O2/c1-22-16-10-9-13(12-17(16)23-2)6-5-11-19-18-20-14-7-3-4-8-15(14)21-18/h3-4,7-10,12H,5-6,11H2,1-2H3,(H2,19,20,21). The SMILES string of the molecule is COc1ccc(CCCNc2nc3ccccc3[nH]2)cc1OC. The van der Waals surface area contributed by atoms with Crippen LogP contribution in [0.5, 0.6) is 11.5 Å². The van der Waals surface area contributed by atoms with Crippen LogP contribution >= 0.6 is 0 Å². The van der Waals surface area contributed by atoms with Gasteiger partial charge in [0, 0.05) is 6.54 Å². The van der Waals surface area contributed by atoms with Crippen molar-refractivity contribution in [2.24, 2.45) is 0 Å². The molecule has 0 saturated carbocycles. The fraction of sp³-hybridized carbons (Fsp3) is 0.278. The smallest absolute Gasteiger partial charge is 0.201 e. The molecule has 2 N–H and O–H groups in total. The number of aromatic nitrogens is 2. The Morgan fingerprint density at radius 1 is 1.04 bits per heavy atom. The molecule has 0 saturated heterocycles. The topological polar surface area (TPSA) is 59.2 Å². The highest BCUT2D eigenvalue weighted by atomic mass is 16.5. The molecule has 0 aliphatic heterocycles. The Morgan fingerprint density at radius 2 is 1.87 bits per heavy atom. The lowest BCUT2D eigenvalue weighted by Gasteiger charge is -2.09. The van der Waals surface area contributed by atoms with Crippen LogP contribution in [0.3, 0.4) is 0 Å². The molecule has 2 aromatic carbocycles. The highest BCUT2D eigenvalue weighted by molar-refractivity contribution is 5.77. The molecule has 0 atom stereocenters. The number of imidazole rings is 1. The minimum atomic E-state index is 0.761. The van der Waals surface area contributed by atoms with Crippen molar-refractivity contribution >= 4 is 17.0 Å². The maximum atomic E-state index is 5.33. The van der Waals surface area contributed by atoms with E-state index in [1.54, 1.807) is 14.2 Å². The lowest BCUT2D eigenvalue weighted by molar-refractivity contribution is 0.354. The van der Waals surface area contributed by atoms with E-state index in [0.29, 0.717) is 0 Å². The monoisotopic (exact) mass is 311 g/mol. The summed E-state index contributed by atoms with van der Waals surface area (Å²) >= 11 is 0. The summed E-state index contributed by atoms with van der Waals surface area (Å²) in [6.45, 7) is 0.855. The van der Waals surface area contributed by atoms with Crippen molar-refractivity contribution in [3.63, 3.8) is 0 Å². The van der Waals surface area contributed by atoms with Gasteiger partial charge in [0.05, 0.1) is 25.3 Å². The van der Waals surface area contributed by atoms with E-state index in [-0.39, 0.29) is 0 Å². The largest absolute Gasteiger partial charge is 0.493 e. The maximum absolute atomic E-state index is 5.33. The van der Waals surface area contributed by atoms with Crippen LogP contribution in [0.15, 0.2) is 42.5 Å². The van der Waals surface area contributed by atoms with E-state index >= 15 is 0 Å². The van der Waals surface area contributed by atoms with Crippen LogP contribution < -0.4 is 14.8 Å². The molecule has 3 rings (SSSR count). The van der Waals surface area contributed by atoms with Gasteiger partial charge in [0.1, 0.15) is 0 Å². The van der Waals surface area contributed by atoms with Gasteiger partial charge in [-0.2, -0.15) is 0 Å². The number of nitrogens with one attached hydrogen (secondary N) is 2. The first-order valence-corrected chi connectivity index (χ1v) is 7.69. The van der Waals surface area contributed by atoms with Gasteiger partial charge in [0.2, 0.25) is 5.95 Å². The Kier molecular flexibility index (Phi) is 4.66. The summed E-state index contributed by atoms with van der Waals surface area (Å²) in [6.07, 6.45) is 1.97.